The van der Waals surface area contributed by atoms with Crippen LogP contribution in [0.1, 0.15) is 0 Å². The monoisotopic (exact) mass is 252 g/mol. The number of nitrogens with one attached hydrogen (secondary N) is 2. The number of nitrogens with zero attached hydrogens (tertiary/aromatic N) is 2. The molecule has 0 aliphatic rings. The molecule has 2 aromatic rings. The Kier molecular flexibility index (Phi) is 3.50. The van der Waals surface area contributed by atoms with E-state index in [9.17, 15) is 4.79 Å². The summed E-state index contributed by atoms with van der Waals surface area (Å²) in [6, 6.07) is 1.45. The Bertz CT molecular complexity index is 613. The van der Waals surface area contributed by atoms with E-state index >= 15 is 0 Å². The van der Waals surface area contributed by atoms with Crippen molar-refractivity contribution in [2.45, 2.75) is 6.54 Å². The Balaban J connectivity index is 2.50. The van der Waals surface area contributed by atoms with Crippen LogP contribution in [0.2, 0.25) is 0 Å². The van der Waals surface area contributed by atoms with Gasteiger partial charge in [-0.1, -0.05) is 0 Å². The third-order valence-corrected chi connectivity index (χ3v) is 2.65. The van der Waals surface area contributed by atoms with E-state index in [4.69, 9.17) is 17.0 Å². The van der Waals surface area contributed by atoms with Crippen molar-refractivity contribution in [2.75, 3.05) is 13.7 Å². The molecule has 2 N–H and O–H groups in total. The van der Waals surface area contributed by atoms with Gasteiger partial charge in [-0.2, -0.15) is 5.10 Å². The number of hydrogen-bond acceptors (Lipinski definition) is 4. The molecular formula is C10H12N4O2S. The summed E-state index contributed by atoms with van der Waals surface area (Å²) in [5.74, 6) is 0.522. The number of rotatable bonds is 4. The predicted molar refractivity (Wildman–Crippen MR) is 65.3 cm³/mol. The van der Waals surface area contributed by atoms with Gasteiger partial charge in [0, 0.05) is 25.6 Å². The molecule has 0 aliphatic heterocycles. The summed E-state index contributed by atoms with van der Waals surface area (Å²) in [6.45, 7) is 1.06. The van der Waals surface area contributed by atoms with Crippen molar-refractivity contribution in [3.05, 3.63) is 33.5 Å². The van der Waals surface area contributed by atoms with Crippen molar-refractivity contribution in [1.82, 2.24) is 19.7 Å². The molecular weight excluding hydrogens is 240 g/mol. The van der Waals surface area contributed by atoms with Gasteiger partial charge >= 0.3 is 0 Å². The Morgan fingerprint density at radius 1 is 1.59 bits per heavy atom. The molecule has 0 atom stereocenters. The van der Waals surface area contributed by atoms with Crippen LogP contribution in [-0.2, 0) is 11.3 Å². The van der Waals surface area contributed by atoms with Gasteiger partial charge in [-0.05, 0) is 12.2 Å². The van der Waals surface area contributed by atoms with E-state index in [0.717, 1.165) is 0 Å². The normalized spacial score (nSPS) is 10.6. The fourth-order valence-electron chi connectivity index (χ4n) is 1.50. The standard InChI is InChI=1S/C10H12N4O2S/c1-16-5-4-14-9(12-13-10(14)17)7-6-11-3-2-8(7)15/h2-3,6H,4-5H2,1H3,(H,11,15)(H,13,17). The second-order valence-corrected chi connectivity index (χ2v) is 3.81. The highest BCUT2D eigenvalue weighted by Crippen LogP contribution is 2.11. The lowest BCUT2D eigenvalue weighted by atomic mass is 10.2. The first kappa shape index (κ1) is 11.7. The van der Waals surface area contributed by atoms with Gasteiger partial charge in [0.15, 0.2) is 16.0 Å². The lowest BCUT2D eigenvalue weighted by molar-refractivity contribution is 0.187. The SMILES string of the molecule is COCCn1c(-c2c[nH]ccc2=O)n[nH]c1=S. The topological polar surface area (TPSA) is 75.7 Å². The average Bonchev–Trinajstić information content (AvgIpc) is 2.69. The van der Waals surface area contributed by atoms with Gasteiger partial charge in [-0.3, -0.25) is 14.5 Å². The molecule has 0 spiro atoms. The predicted octanol–water partition coefficient (Wildman–Crippen LogP) is 0.942. The molecule has 0 saturated heterocycles. The molecule has 90 valence electrons. The molecule has 6 nitrogen and oxygen atoms in total. The van der Waals surface area contributed by atoms with Crippen molar-refractivity contribution in [2.24, 2.45) is 0 Å². The van der Waals surface area contributed by atoms with Crippen LogP contribution >= 0.6 is 12.2 Å². The highest BCUT2D eigenvalue weighted by atomic mass is 32.1. The minimum absolute atomic E-state index is 0.101. The zero-order chi connectivity index (χ0) is 12.3. The molecule has 7 heteroatoms. The van der Waals surface area contributed by atoms with E-state index in [1.807, 2.05) is 0 Å². The van der Waals surface area contributed by atoms with Crippen LogP contribution in [0.25, 0.3) is 11.4 Å². The van der Waals surface area contributed by atoms with Gasteiger partial charge in [0.1, 0.15) is 0 Å². The summed E-state index contributed by atoms with van der Waals surface area (Å²) >= 11 is 5.11. The number of hydrogen-bond donors (Lipinski definition) is 2. The molecule has 17 heavy (non-hydrogen) atoms. The van der Waals surface area contributed by atoms with E-state index in [2.05, 4.69) is 15.2 Å². The van der Waals surface area contributed by atoms with Crippen LogP contribution in [0, 0.1) is 4.77 Å². The molecule has 2 heterocycles. The Labute approximate surface area is 102 Å². The van der Waals surface area contributed by atoms with Crippen molar-refractivity contribution in [3.8, 4) is 11.4 Å². The third-order valence-electron chi connectivity index (χ3n) is 2.34. The zero-order valence-electron chi connectivity index (χ0n) is 9.27. The smallest absolute Gasteiger partial charge is 0.195 e. The largest absolute Gasteiger partial charge is 0.383 e. The molecule has 2 aromatic heterocycles. The van der Waals surface area contributed by atoms with Crippen molar-refractivity contribution in [1.29, 1.82) is 0 Å². The summed E-state index contributed by atoms with van der Waals surface area (Å²) in [5.41, 5.74) is 0.382. The van der Waals surface area contributed by atoms with Gasteiger partial charge in [0.2, 0.25) is 0 Å². The quantitative estimate of drug-likeness (QED) is 0.794. The molecule has 0 radical (unpaired) electrons. The summed E-state index contributed by atoms with van der Waals surface area (Å²) in [5, 5.41) is 6.75. The number of aromatic nitrogens is 4. The van der Waals surface area contributed by atoms with Crippen molar-refractivity contribution < 1.29 is 4.74 Å². The number of pyridine rings is 1. The maximum Gasteiger partial charge on any atom is 0.195 e. The Morgan fingerprint density at radius 3 is 3.12 bits per heavy atom. The Morgan fingerprint density at radius 2 is 2.41 bits per heavy atom. The maximum absolute atomic E-state index is 11.7. The van der Waals surface area contributed by atoms with Crippen LogP contribution in [0.15, 0.2) is 23.3 Å². The molecule has 0 unspecified atom stereocenters. The van der Waals surface area contributed by atoms with Crippen molar-refractivity contribution in [3.63, 3.8) is 0 Å². The lowest BCUT2D eigenvalue weighted by Crippen LogP contribution is -2.11. The van der Waals surface area contributed by atoms with Crippen LogP contribution < -0.4 is 5.43 Å². The minimum atomic E-state index is -0.101. The molecule has 0 aliphatic carbocycles. The second-order valence-electron chi connectivity index (χ2n) is 3.42. The number of ether oxygens (including phenoxy) is 1. The van der Waals surface area contributed by atoms with Gasteiger partial charge in [0.05, 0.1) is 18.7 Å². The van der Waals surface area contributed by atoms with Crippen LogP contribution in [-0.4, -0.2) is 33.5 Å². The molecule has 0 aromatic carbocycles. The van der Waals surface area contributed by atoms with Gasteiger partial charge in [0.25, 0.3) is 0 Å². The lowest BCUT2D eigenvalue weighted by Gasteiger charge is -2.04. The molecule has 0 bridgehead atoms. The number of aromatic amines is 2. The zero-order valence-corrected chi connectivity index (χ0v) is 10.1. The highest BCUT2D eigenvalue weighted by molar-refractivity contribution is 7.71. The minimum Gasteiger partial charge on any atom is -0.383 e. The van der Waals surface area contributed by atoms with E-state index in [1.165, 1.54) is 6.07 Å². The van der Waals surface area contributed by atoms with Gasteiger partial charge in [-0.15, -0.1) is 0 Å². The first-order valence-electron chi connectivity index (χ1n) is 5.05. The van der Waals surface area contributed by atoms with Crippen molar-refractivity contribution >= 4 is 12.2 Å². The van der Waals surface area contributed by atoms with Gasteiger partial charge in [-0.25, -0.2) is 0 Å². The first-order valence-corrected chi connectivity index (χ1v) is 5.46. The summed E-state index contributed by atoms with van der Waals surface area (Å²) < 4.78 is 7.21. The molecule has 0 amide bonds. The number of H-pyrrole nitrogens is 2. The van der Waals surface area contributed by atoms with E-state index in [0.29, 0.717) is 29.3 Å². The fourth-order valence-corrected chi connectivity index (χ4v) is 1.73. The molecule has 0 saturated carbocycles. The van der Waals surface area contributed by atoms with Crippen LogP contribution in [0.4, 0.5) is 0 Å². The highest BCUT2D eigenvalue weighted by Gasteiger charge is 2.11. The maximum atomic E-state index is 11.7. The fraction of sp³-hybridized carbons (Fsp3) is 0.300. The summed E-state index contributed by atoms with van der Waals surface area (Å²) in [7, 11) is 1.61. The molecule has 2 rings (SSSR count). The van der Waals surface area contributed by atoms with Crippen LogP contribution in [0.5, 0.6) is 0 Å². The molecule has 0 fully saturated rings. The number of methoxy groups -OCH3 is 1. The van der Waals surface area contributed by atoms with Crippen LogP contribution in [0.3, 0.4) is 0 Å². The summed E-state index contributed by atoms with van der Waals surface area (Å²) in [6.07, 6.45) is 3.18. The Hall–Kier alpha value is -1.73. The van der Waals surface area contributed by atoms with E-state index in [-0.39, 0.29) is 5.43 Å². The summed E-state index contributed by atoms with van der Waals surface area (Å²) in [4.78, 5) is 14.6. The van der Waals surface area contributed by atoms with Gasteiger partial charge < -0.3 is 9.72 Å². The third kappa shape index (κ3) is 2.34. The van der Waals surface area contributed by atoms with E-state index < -0.39 is 0 Å². The van der Waals surface area contributed by atoms with E-state index in [1.54, 1.807) is 24.1 Å². The average molecular weight is 252 g/mol. The first-order chi connectivity index (χ1) is 8.24. The second kappa shape index (κ2) is 5.07.